The van der Waals surface area contributed by atoms with Crippen LogP contribution in [0.2, 0.25) is 10.0 Å². The van der Waals surface area contributed by atoms with E-state index in [9.17, 15) is 18.0 Å². The van der Waals surface area contributed by atoms with Crippen LogP contribution in [0.4, 0.5) is 0 Å². The summed E-state index contributed by atoms with van der Waals surface area (Å²) in [4.78, 5) is 25.9. The van der Waals surface area contributed by atoms with Crippen molar-refractivity contribution in [3.8, 4) is 0 Å². The molecule has 1 aliphatic rings. The first-order valence-corrected chi connectivity index (χ1v) is 10.0. The number of benzene rings is 1. The lowest BCUT2D eigenvalue weighted by Gasteiger charge is -2.21. The molecule has 2 amide bonds. The van der Waals surface area contributed by atoms with Crippen molar-refractivity contribution in [1.82, 2.24) is 10.2 Å². The first-order chi connectivity index (χ1) is 11.2. The molecule has 2 rings (SSSR count). The summed E-state index contributed by atoms with van der Waals surface area (Å²) in [5, 5.41) is 3.27. The van der Waals surface area contributed by atoms with Gasteiger partial charge < -0.3 is 10.2 Å². The van der Waals surface area contributed by atoms with E-state index in [-0.39, 0.29) is 40.9 Å². The highest BCUT2D eigenvalue weighted by molar-refractivity contribution is 7.91. The standard InChI is InChI=1S/C15H18Cl2N2O4S/c1-2-19(15(21)10-3-4-12(16)13(17)7-10)8-14(20)18-11-5-6-24(22,23)9-11/h3-4,7,11H,2,5-6,8-9H2,1H3,(H,18,20)/t11-/m1/s1. The van der Waals surface area contributed by atoms with E-state index in [1.165, 1.54) is 17.0 Å². The van der Waals surface area contributed by atoms with Crippen LogP contribution in [0.25, 0.3) is 0 Å². The number of carbonyl (C=O) groups is 2. The van der Waals surface area contributed by atoms with Crippen LogP contribution >= 0.6 is 23.2 Å². The molecule has 1 saturated heterocycles. The average Bonchev–Trinajstić information content (AvgIpc) is 2.85. The summed E-state index contributed by atoms with van der Waals surface area (Å²) in [7, 11) is -3.07. The molecule has 0 spiro atoms. The summed E-state index contributed by atoms with van der Waals surface area (Å²) < 4.78 is 22.8. The number of likely N-dealkylation sites (N-methyl/N-ethyl adjacent to an activating group) is 1. The Hall–Kier alpha value is -1.31. The monoisotopic (exact) mass is 392 g/mol. The fourth-order valence-corrected chi connectivity index (χ4v) is 4.47. The largest absolute Gasteiger partial charge is 0.351 e. The molecule has 24 heavy (non-hydrogen) atoms. The molecule has 0 radical (unpaired) electrons. The molecule has 1 atom stereocenters. The maximum Gasteiger partial charge on any atom is 0.254 e. The van der Waals surface area contributed by atoms with Gasteiger partial charge in [0.15, 0.2) is 9.84 Å². The van der Waals surface area contributed by atoms with E-state index in [4.69, 9.17) is 23.2 Å². The molecular weight excluding hydrogens is 375 g/mol. The van der Waals surface area contributed by atoms with Crippen molar-refractivity contribution in [2.45, 2.75) is 19.4 Å². The Morgan fingerprint density at radius 1 is 1.29 bits per heavy atom. The maximum atomic E-state index is 12.5. The Bertz CT molecular complexity index is 752. The van der Waals surface area contributed by atoms with Crippen LogP contribution in [0, 0.1) is 0 Å². The van der Waals surface area contributed by atoms with Crippen molar-refractivity contribution in [2.24, 2.45) is 0 Å². The molecule has 1 fully saturated rings. The third-order valence-corrected chi connectivity index (χ3v) is 6.27. The minimum atomic E-state index is -3.07. The predicted octanol–water partition coefficient (Wildman–Crippen LogP) is 1.76. The number of halogens is 2. The van der Waals surface area contributed by atoms with E-state index >= 15 is 0 Å². The van der Waals surface area contributed by atoms with Crippen molar-refractivity contribution >= 4 is 44.9 Å². The van der Waals surface area contributed by atoms with Crippen molar-refractivity contribution in [3.05, 3.63) is 33.8 Å². The first-order valence-electron chi connectivity index (χ1n) is 7.46. The SMILES string of the molecule is CCN(CC(=O)N[C@@H]1CCS(=O)(=O)C1)C(=O)c1ccc(Cl)c(Cl)c1. The third kappa shape index (κ3) is 4.84. The van der Waals surface area contributed by atoms with Gasteiger partial charge in [-0.1, -0.05) is 23.2 Å². The molecule has 9 heteroatoms. The summed E-state index contributed by atoms with van der Waals surface area (Å²) >= 11 is 11.7. The lowest BCUT2D eigenvalue weighted by molar-refractivity contribution is -0.122. The quantitative estimate of drug-likeness (QED) is 0.827. The molecule has 1 heterocycles. The number of hydrogen-bond acceptors (Lipinski definition) is 4. The maximum absolute atomic E-state index is 12.5. The minimum Gasteiger partial charge on any atom is -0.351 e. The van der Waals surface area contributed by atoms with Gasteiger partial charge in [0.05, 0.1) is 28.1 Å². The highest BCUT2D eigenvalue weighted by atomic mass is 35.5. The van der Waals surface area contributed by atoms with Gasteiger partial charge in [0.2, 0.25) is 5.91 Å². The topological polar surface area (TPSA) is 83.6 Å². The average molecular weight is 393 g/mol. The van der Waals surface area contributed by atoms with Gasteiger partial charge in [-0.05, 0) is 31.5 Å². The van der Waals surface area contributed by atoms with Crippen LogP contribution in [0.3, 0.4) is 0 Å². The predicted molar refractivity (Wildman–Crippen MR) is 93.2 cm³/mol. The van der Waals surface area contributed by atoms with Crippen molar-refractivity contribution in [2.75, 3.05) is 24.6 Å². The van der Waals surface area contributed by atoms with Crippen LogP contribution in [0.15, 0.2) is 18.2 Å². The highest BCUT2D eigenvalue weighted by Crippen LogP contribution is 2.23. The number of hydrogen-bond donors (Lipinski definition) is 1. The van der Waals surface area contributed by atoms with Gasteiger partial charge in [0.25, 0.3) is 5.91 Å². The molecule has 1 aliphatic heterocycles. The fourth-order valence-electron chi connectivity index (χ4n) is 2.49. The lowest BCUT2D eigenvalue weighted by Crippen LogP contribution is -2.44. The van der Waals surface area contributed by atoms with Crippen molar-refractivity contribution in [3.63, 3.8) is 0 Å². The van der Waals surface area contributed by atoms with Crippen LogP contribution < -0.4 is 5.32 Å². The number of sulfone groups is 1. The Morgan fingerprint density at radius 2 is 2.00 bits per heavy atom. The number of carbonyl (C=O) groups excluding carboxylic acids is 2. The normalized spacial score (nSPS) is 19.0. The summed E-state index contributed by atoms with van der Waals surface area (Å²) in [6, 6.07) is 4.13. The van der Waals surface area contributed by atoms with Gasteiger partial charge in [-0.2, -0.15) is 0 Å². The van der Waals surface area contributed by atoms with Crippen LogP contribution in [0.5, 0.6) is 0 Å². The van der Waals surface area contributed by atoms with E-state index in [0.717, 1.165) is 0 Å². The smallest absolute Gasteiger partial charge is 0.254 e. The van der Waals surface area contributed by atoms with Crippen LogP contribution in [0.1, 0.15) is 23.7 Å². The zero-order valence-corrected chi connectivity index (χ0v) is 15.4. The molecule has 6 nitrogen and oxygen atoms in total. The van der Waals surface area contributed by atoms with E-state index in [2.05, 4.69) is 5.32 Å². The van der Waals surface area contributed by atoms with Crippen LogP contribution in [-0.4, -0.2) is 55.8 Å². The zero-order valence-electron chi connectivity index (χ0n) is 13.1. The van der Waals surface area contributed by atoms with Gasteiger partial charge in [-0.25, -0.2) is 8.42 Å². The summed E-state index contributed by atoms with van der Waals surface area (Å²) in [5.74, 6) is -0.693. The van der Waals surface area contributed by atoms with Gasteiger partial charge >= 0.3 is 0 Å². The Balaban J connectivity index is 1.99. The number of rotatable bonds is 5. The Kier molecular flexibility index (Phi) is 6.11. The van der Waals surface area contributed by atoms with Crippen molar-refractivity contribution in [1.29, 1.82) is 0 Å². The molecule has 1 N–H and O–H groups in total. The fraction of sp³-hybridized carbons (Fsp3) is 0.467. The molecule has 1 aromatic carbocycles. The molecule has 132 valence electrons. The number of nitrogens with zero attached hydrogens (tertiary/aromatic N) is 1. The molecule has 0 unspecified atom stereocenters. The summed E-state index contributed by atoms with van der Waals surface area (Å²) in [6.45, 7) is 1.93. The second-order valence-corrected chi connectivity index (χ2v) is 8.66. The molecular formula is C15H18Cl2N2O4S. The summed E-state index contributed by atoms with van der Waals surface area (Å²) in [6.07, 6.45) is 0.404. The summed E-state index contributed by atoms with van der Waals surface area (Å²) in [5.41, 5.74) is 0.336. The molecule has 0 saturated carbocycles. The van der Waals surface area contributed by atoms with E-state index in [0.29, 0.717) is 23.6 Å². The Labute approximate surface area is 151 Å². The van der Waals surface area contributed by atoms with Gasteiger partial charge in [-0.15, -0.1) is 0 Å². The van der Waals surface area contributed by atoms with Gasteiger partial charge in [0, 0.05) is 18.2 Å². The Morgan fingerprint density at radius 3 is 2.54 bits per heavy atom. The van der Waals surface area contributed by atoms with E-state index in [1.54, 1.807) is 13.0 Å². The highest BCUT2D eigenvalue weighted by Gasteiger charge is 2.29. The van der Waals surface area contributed by atoms with Crippen LogP contribution in [-0.2, 0) is 14.6 Å². The second kappa shape index (κ2) is 7.72. The van der Waals surface area contributed by atoms with E-state index < -0.39 is 9.84 Å². The zero-order chi connectivity index (χ0) is 17.9. The minimum absolute atomic E-state index is 0.0500. The second-order valence-electron chi connectivity index (χ2n) is 5.62. The molecule has 1 aromatic rings. The number of nitrogens with one attached hydrogen (secondary N) is 1. The molecule has 0 aliphatic carbocycles. The van der Waals surface area contributed by atoms with Gasteiger partial charge in [0.1, 0.15) is 0 Å². The molecule has 0 aromatic heterocycles. The van der Waals surface area contributed by atoms with Crippen molar-refractivity contribution < 1.29 is 18.0 Å². The first kappa shape index (κ1) is 19.0. The molecule has 0 bridgehead atoms. The van der Waals surface area contributed by atoms with E-state index in [1.807, 2.05) is 0 Å². The lowest BCUT2D eigenvalue weighted by atomic mass is 10.2. The number of amides is 2. The van der Waals surface area contributed by atoms with Gasteiger partial charge in [-0.3, -0.25) is 9.59 Å². The third-order valence-electron chi connectivity index (χ3n) is 3.77.